The molecule has 0 bridgehead atoms. The summed E-state index contributed by atoms with van der Waals surface area (Å²) in [5.74, 6) is -0.100. The van der Waals surface area contributed by atoms with Crippen molar-refractivity contribution in [3.8, 4) is 0 Å². The molecule has 5 nitrogen and oxygen atoms in total. The SMILES string of the molecule is CC(=O)c1ccc(NC(=O)Cc2cc(C)nn2C)cc1. The second-order valence-electron chi connectivity index (χ2n) is 4.76. The minimum absolute atomic E-state index is 0.00763. The van der Waals surface area contributed by atoms with Gasteiger partial charge in [0.2, 0.25) is 5.91 Å². The van der Waals surface area contributed by atoms with Gasteiger partial charge in [-0.1, -0.05) is 0 Å². The number of anilines is 1. The highest BCUT2D eigenvalue weighted by Crippen LogP contribution is 2.11. The van der Waals surface area contributed by atoms with E-state index in [1.807, 2.05) is 20.0 Å². The predicted molar refractivity (Wildman–Crippen MR) is 76.7 cm³/mol. The number of carbonyl (C=O) groups is 2. The molecule has 1 aromatic carbocycles. The zero-order valence-electron chi connectivity index (χ0n) is 11.8. The van der Waals surface area contributed by atoms with Gasteiger partial charge >= 0.3 is 0 Å². The van der Waals surface area contributed by atoms with Crippen LogP contribution in [0.4, 0.5) is 5.69 Å². The molecule has 0 saturated heterocycles. The van der Waals surface area contributed by atoms with E-state index in [1.165, 1.54) is 6.92 Å². The maximum Gasteiger partial charge on any atom is 0.230 e. The van der Waals surface area contributed by atoms with Crippen molar-refractivity contribution >= 4 is 17.4 Å². The van der Waals surface area contributed by atoms with Crippen LogP contribution < -0.4 is 5.32 Å². The topological polar surface area (TPSA) is 64.0 Å². The van der Waals surface area contributed by atoms with Crippen LogP contribution in [0.5, 0.6) is 0 Å². The van der Waals surface area contributed by atoms with Crippen LogP contribution in [0.3, 0.4) is 0 Å². The Morgan fingerprint density at radius 3 is 2.40 bits per heavy atom. The van der Waals surface area contributed by atoms with Gasteiger partial charge in [0.05, 0.1) is 12.1 Å². The number of hydrogen-bond donors (Lipinski definition) is 1. The molecular formula is C15H17N3O2. The number of nitrogens with one attached hydrogen (secondary N) is 1. The van der Waals surface area contributed by atoms with Crippen LogP contribution >= 0.6 is 0 Å². The molecule has 5 heteroatoms. The van der Waals surface area contributed by atoms with Crippen molar-refractivity contribution in [3.05, 3.63) is 47.3 Å². The van der Waals surface area contributed by atoms with Crippen LogP contribution in [0.2, 0.25) is 0 Å². The van der Waals surface area contributed by atoms with Gasteiger partial charge in [-0.15, -0.1) is 0 Å². The largest absolute Gasteiger partial charge is 0.326 e. The lowest BCUT2D eigenvalue weighted by atomic mass is 10.1. The Hall–Kier alpha value is -2.43. The van der Waals surface area contributed by atoms with Gasteiger partial charge in [-0.2, -0.15) is 5.10 Å². The number of amides is 1. The fraction of sp³-hybridized carbons (Fsp3) is 0.267. The van der Waals surface area contributed by atoms with Gasteiger partial charge in [-0.25, -0.2) is 0 Å². The van der Waals surface area contributed by atoms with Gasteiger partial charge in [0.15, 0.2) is 5.78 Å². The van der Waals surface area contributed by atoms with E-state index >= 15 is 0 Å². The Morgan fingerprint density at radius 2 is 1.90 bits per heavy atom. The lowest BCUT2D eigenvalue weighted by Gasteiger charge is -2.06. The average Bonchev–Trinajstić information content (AvgIpc) is 2.68. The summed E-state index contributed by atoms with van der Waals surface area (Å²) in [4.78, 5) is 23.1. The molecule has 1 aromatic heterocycles. The van der Waals surface area contributed by atoms with Crippen molar-refractivity contribution in [2.45, 2.75) is 20.3 Å². The predicted octanol–water partition coefficient (Wildman–Crippen LogP) is 2.11. The third-order valence-electron chi connectivity index (χ3n) is 3.02. The number of aromatic nitrogens is 2. The second kappa shape index (κ2) is 5.69. The molecule has 0 unspecified atom stereocenters. The molecule has 1 heterocycles. The van der Waals surface area contributed by atoms with Crippen LogP contribution in [0.25, 0.3) is 0 Å². The molecule has 0 saturated carbocycles. The maximum atomic E-state index is 11.9. The molecule has 2 rings (SSSR count). The number of Topliss-reactive ketones (excluding diaryl/α,β-unsaturated/α-hetero) is 1. The van der Waals surface area contributed by atoms with Gasteiger partial charge in [-0.05, 0) is 44.2 Å². The number of nitrogens with zero attached hydrogens (tertiary/aromatic N) is 2. The van der Waals surface area contributed by atoms with E-state index in [-0.39, 0.29) is 18.1 Å². The van der Waals surface area contributed by atoms with Gasteiger partial charge in [0, 0.05) is 24.0 Å². The van der Waals surface area contributed by atoms with E-state index in [2.05, 4.69) is 10.4 Å². The number of benzene rings is 1. The fourth-order valence-corrected chi connectivity index (χ4v) is 1.99. The van der Waals surface area contributed by atoms with Crippen molar-refractivity contribution in [3.63, 3.8) is 0 Å². The first-order valence-corrected chi connectivity index (χ1v) is 6.36. The van der Waals surface area contributed by atoms with Gasteiger partial charge in [0.25, 0.3) is 0 Å². The molecule has 2 aromatic rings. The van der Waals surface area contributed by atoms with Crippen LogP contribution in [0.1, 0.15) is 28.7 Å². The zero-order chi connectivity index (χ0) is 14.7. The minimum Gasteiger partial charge on any atom is -0.326 e. The number of aryl methyl sites for hydroxylation is 2. The first kappa shape index (κ1) is 14.0. The Kier molecular flexibility index (Phi) is 3.98. The van der Waals surface area contributed by atoms with E-state index in [4.69, 9.17) is 0 Å². The molecule has 104 valence electrons. The zero-order valence-corrected chi connectivity index (χ0v) is 11.8. The smallest absolute Gasteiger partial charge is 0.230 e. The first-order valence-electron chi connectivity index (χ1n) is 6.36. The van der Waals surface area contributed by atoms with Crippen molar-refractivity contribution in [2.75, 3.05) is 5.32 Å². The number of ketones is 1. The third-order valence-corrected chi connectivity index (χ3v) is 3.02. The number of hydrogen-bond acceptors (Lipinski definition) is 3. The first-order chi connectivity index (χ1) is 9.45. The molecule has 0 fully saturated rings. The fourth-order valence-electron chi connectivity index (χ4n) is 1.99. The molecule has 1 amide bonds. The third kappa shape index (κ3) is 3.32. The maximum absolute atomic E-state index is 11.9. The lowest BCUT2D eigenvalue weighted by Crippen LogP contribution is -2.16. The van der Waals surface area contributed by atoms with Crippen LogP contribution in [0.15, 0.2) is 30.3 Å². The molecule has 0 spiro atoms. The summed E-state index contributed by atoms with van der Waals surface area (Å²) < 4.78 is 1.70. The molecule has 0 radical (unpaired) electrons. The van der Waals surface area contributed by atoms with Gasteiger partial charge in [-0.3, -0.25) is 14.3 Å². The highest BCUT2D eigenvalue weighted by atomic mass is 16.1. The molecule has 0 atom stereocenters. The normalized spacial score (nSPS) is 10.3. The van der Waals surface area contributed by atoms with E-state index in [0.717, 1.165) is 11.4 Å². The average molecular weight is 271 g/mol. The van der Waals surface area contributed by atoms with Crippen molar-refractivity contribution in [1.82, 2.24) is 9.78 Å². The molecule has 0 aliphatic heterocycles. The molecular weight excluding hydrogens is 254 g/mol. The van der Waals surface area contributed by atoms with E-state index in [1.54, 1.807) is 28.9 Å². The standard InChI is InChI=1S/C15H17N3O2/c1-10-8-14(18(3)17-10)9-15(20)16-13-6-4-12(5-7-13)11(2)19/h4-8H,9H2,1-3H3,(H,16,20). The number of rotatable bonds is 4. The summed E-state index contributed by atoms with van der Waals surface area (Å²) in [6.07, 6.45) is 0.270. The Bertz CT molecular complexity index is 642. The summed E-state index contributed by atoms with van der Waals surface area (Å²) in [7, 11) is 1.82. The van der Waals surface area contributed by atoms with Crippen LogP contribution in [-0.2, 0) is 18.3 Å². The highest BCUT2D eigenvalue weighted by Gasteiger charge is 2.09. The van der Waals surface area contributed by atoms with E-state index in [9.17, 15) is 9.59 Å². The summed E-state index contributed by atoms with van der Waals surface area (Å²) >= 11 is 0. The van der Waals surface area contributed by atoms with Gasteiger partial charge < -0.3 is 5.32 Å². The molecule has 20 heavy (non-hydrogen) atoms. The Labute approximate surface area is 117 Å². The van der Waals surface area contributed by atoms with E-state index in [0.29, 0.717) is 11.3 Å². The molecule has 1 N–H and O–H groups in total. The Balaban J connectivity index is 2.01. The summed E-state index contributed by atoms with van der Waals surface area (Å²) in [5.41, 5.74) is 3.06. The lowest BCUT2D eigenvalue weighted by molar-refractivity contribution is -0.115. The van der Waals surface area contributed by atoms with Crippen molar-refractivity contribution in [1.29, 1.82) is 0 Å². The molecule has 0 aliphatic rings. The Morgan fingerprint density at radius 1 is 1.25 bits per heavy atom. The number of carbonyl (C=O) groups excluding carboxylic acids is 2. The summed E-state index contributed by atoms with van der Waals surface area (Å²) in [5, 5.41) is 7.00. The van der Waals surface area contributed by atoms with Crippen molar-refractivity contribution < 1.29 is 9.59 Å². The molecule has 0 aliphatic carbocycles. The summed E-state index contributed by atoms with van der Waals surface area (Å²) in [6.45, 7) is 3.40. The monoisotopic (exact) mass is 271 g/mol. The highest BCUT2D eigenvalue weighted by molar-refractivity contribution is 5.96. The minimum atomic E-state index is -0.108. The van der Waals surface area contributed by atoms with Crippen LogP contribution in [-0.4, -0.2) is 21.5 Å². The quantitative estimate of drug-likeness (QED) is 0.866. The van der Waals surface area contributed by atoms with Crippen molar-refractivity contribution in [2.24, 2.45) is 7.05 Å². The second-order valence-corrected chi connectivity index (χ2v) is 4.76. The van der Waals surface area contributed by atoms with E-state index < -0.39 is 0 Å². The van der Waals surface area contributed by atoms with Crippen LogP contribution in [0, 0.1) is 6.92 Å². The van der Waals surface area contributed by atoms with Gasteiger partial charge in [0.1, 0.15) is 0 Å². The summed E-state index contributed by atoms with van der Waals surface area (Å²) in [6, 6.07) is 8.74.